The van der Waals surface area contributed by atoms with Gasteiger partial charge in [-0.1, -0.05) is 12.1 Å². The lowest BCUT2D eigenvalue weighted by Crippen LogP contribution is -2.01. The van der Waals surface area contributed by atoms with Gasteiger partial charge in [0, 0.05) is 28.2 Å². The van der Waals surface area contributed by atoms with Crippen LogP contribution >= 0.6 is 0 Å². The van der Waals surface area contributed by atoms with Crippen molar-refractivity contribution in [3.63, 3.8) is 0 Å². The van der Waals surface area contributed by atoms with Crippen molar-refractivity contribution in [2.24, 2.45) is 0 Å². The van der Waals surface area contributed by atoms with Crippen LogP contribution in [-0.4, -0.2) is 10.8 Å². The molecule has 0 aliphatic rings. The fourth-order valence-electron chi connectivity index (χ4n) is 2.22. The fraction of sp³-hybridized carbons (Fsp3) is 0.0625. The molecule has 2 aromatic carbocycles. The quantitative estimate of drug-likeness (QED) is 0.702. The topological polar surface area (TPSA) is 32.9 Å². The zero-order chi connectivity index (χ0) is 14.3. The van der Waals surface area contributed by atoms with Crippen LogP contribution in [0.3, 0.4) is 0 Å². The van der Waals surface area contributed by atoms with E-state index in [4.69, 9.17) is 0 Å². The Morgan fingerprint density at radius 3 is 2.60 bits per heavy atom. The lowest BCUT2D eigenvalue weighted by atomic mass is 10.0. The zero-order valence-electron chi connectivity index (χ0n) is 10.7. The minimum Gasteiger partial charge on any atom is -0.360 e. The second-order valence-corrected chi connectivity index (χ2v) is 4.71. The standard InChI is InChI=1S/C16H11F2NO/c1-9-2-4-11-12(8-19-15(11)6-9)16(20)10-3-5-13(17)14(18)7-10/h2-8,19H,1H3. The number of benzene rings is 2. The lowest BCUT2D eigenvalue weighted by Gasteiger charge is -2.01. The number of aryl methyl sites for hydroxylation is 1. The molecular formula is C16H11F2NO. The van der Waals surface area contributed by atoms with E-state index in [0.717, 1.165) is 28.6 Å². The van der Waals surface area contributed by atoms with E-state index in [1.807, 2.05) is 25.1 Å². The molecule has 0 saturated heterocycles. The summed E-state index contributed by atoms with van der Waals surface area (Å²) in [4.78, 5) is 15.4. The van der Waals surface area contributed by atoms with Gasteiger partial charge in [0.2, 0.25) is 0 Å². The highest BCUT2D eigenvalue weighted by Gasteiger charge is 2.15. The number of H-pyrrole nitrogens is 1. The number of hydrogen-bond donors (Lipinski definition) is 1. The molecule has 0 spiro atoms. The number of aromatic nitrogens is 1. The van der Waals surface area contributed by atoms with E-state index in [1.165, 1.54) is 6.07 Å². The van der Waals surface area contributed by atoms with Gasteiger partial charge in [0.25, 0.3) is 0 Å². The fourth-order valence-corrected chi connectivity index (χ4v) is 2.22. The minimum absolute atomic E-state index is 0.130. The molecule has 0 aliphatic heterocycles. The van der Waals surface area contributed by atoms with Crippen molar-refractivity contribution in [2.75, 3.05) is 0 Å². The lowest BCUT2D eigenvalue weighted by molar-refractivity contribution is 0.104. The van der Waals surface area contributed by atoms with E-state index in [2.05, 4.69) is 4.98 Å². The molecule has 0 bridgehead atoms. The van der Waals surface area contributed by atoms with Gasteiger partial charge < -0.3 is 4.98 Å². The number of carbonyl (C=O) groups is 1. The molecule has 3 aromatic rings. The van der Waals surface area contributed by atoms with Gasteiger partial charge in [-0.2, -0.15) is 0 Å². The van der Waals surface area contributed by atoms with Gasteiger partial charge in [-0.15, -0.1) is 0 Å². The largest absolute Gasteiger partial charge is 0.360 e. The normalized spacial score (nSPS) is 10.9. The Labute approximate surface area is 114 Å². The maximum Gasteiger partial charge on any atom is 0.195 e. The number of hydrogen-bond acceptors (Lipinski definition) is 1. The van der Waals surface area contributed by atoms with Crippen LogP contribution in [0.5, 0.6) is 0 Å². The number of ketones is 1. The molecule has 1 heterocycles. The Kier molecular flexibility index (Phi) is 2.86. The van der Waals surface area contributed by atoms with E-state index < -0.39 is 11.6 Å². The first-order valence-electron chi connectivity index (χ1n) is 6.14. The maximum absolute atomic E-state index is 13.2. The van der Waals surface area contributed by atoms with Crippen molar-refractivity contribution in [3.05, 3.63) is 70.9 Å². The van der Waals surface area contributed by atoms with E-state index >= 15 is 0 Å². The summed E-state index contributed by atoms with van der Waals surface area (Å²) in [6, 6.07) is 8.84. The van der Waals surface area contributed by atoms with Crippen LogP contribution in [0.25, 0.3) is 10.9 Å². The summed E-state index contributed by atoms with van der Waals surface area (Å²) in [6.45, 7) is 1.96. The Morgan fingerprint density at radius 2 is 1.85 bits per heavy atom. The minimum atomic E-state index is -1.02. The van der Waals surface area contributed by atoms with E-state index in [-0.39, 0.29) is 11.3 Å². The highest BCUT2D eigenvalue weighted by molar-refractivity contribution is 6.16. The summed E-state index contributed by atoms with van der Waals surface area (Å²) in [5.41, 5.74) is 2.50. The van der Waals surface area contributed by atoms with Gasteiger partial charge in [0.05, 0.1) is 0 Å². The van der Waals surface area contributed by atoms with Gasteiger partial charge in [-0.25, -0.2) is 8.78 Å². The van der Waals surface area contributed by atoms with Crippen LogP contribution in [0.15, 0.2) is 42.6 Å². The number of rotatable bonds is 2. The molecule has 1 aromatic heterocycles. The first-order valence-corrected chi connectivity index (χ1v) is 6.14. The second kappa shape index (κ2) is 4.56. The molecule has 4 heteroatoms. The highest BCUT2D eigenvalue weighted by atomic mass is 19.2. The van der Waals surface area contributed by atoms with Crippen LogP contribution in [0.4, 0.5) is 8.78 Å². The molecule has 0 amide bonds. The van der Waals surface area contributed by atoms with Crippen molar-refractivity contribution in [2.45, 2.75) is 6.92 Å². The number of carbonyl (C=O) groups excluding carboxylic acids is 1. The average Bonchev–Trinajstić information content (AvgIpc) is 2.84. The summed E-state index contributed by atoms with van der Waals surface area (Å²) in [5.74, 6) is -2.32. The Hall–Kier alpha value is -2.49. The Bertz CT molecular complexity index is 820. The van der Waals surface area contributed by atoms with Crippen molar-refractivity contribution in [1.29, 1.82) is 0 Å². The molecule has 20 heavy (non-hydrogen) atoms. The molecule has 0 atom stereocenters. The molecule has 0 saturated carbocycles. The first-order chi connectivity index (χ1) is 9.56. The second-order valence-electron chi connectivity index (χ2n) is 4.71. The predicted octanol–water partition coefficient (Wildman–Crippen LogP) is 3.99. The average molecular weight is 271 g/mol. The SMILES string of the molecule is Cc1ccc2c(C(=O)c3ccc(F)c(F)c3)c[nH]c2c1. The first kappa shape index (κ1) is 12.5. The summed E-state index contributed by atoms with van der Waals surface area (Å²) in [6.07, 6.45) is 1.59. The van der Waals surface area contributed by atoms with Crippen LogP contribution in [-0.2, 0) is 0 Å². The van der Waals surface area contributed by atoms with Gasteiger partial charge in [0.1, 0.15) is 0 Å². The molecular weight excluding hydrogens is 260 g/mol. The van der Waals surface area contributed by atoms with E-state index in [1.54, 1.807) is 6.20 Å². The van der Waals surface area contributed by atoms with Crippen LogP contribution < -0.4 is 0 Å². The van der Waals surface area contributed by atoms with Gasteiger partial charge >= 0.3 is 0 Å². The summed E-state index contributed by atoms with van der Waals surface area (Å²) >= 11 is 0. The molecule has 0 unspecified atom stereocenters. The van der Waals surface area contributed by atoms with E-state index in [9.17, 15) is 13.6 Å². The van der Waals surface area contributed by atoms with Gasteiger partial charge in [-0.05, 0) is 36.8 Å². The van der Waals surface area contributed by atoms with Crippen molar-refractivity contribution < 1.29 is 13.6 Å². The summed E-state index contributed by atoms with van der Waals surface area (Å²) < 4.78 is 26.1. The number of nitrogens with one attached hydrogen (secondary N) is 1. The van der Waals surface area contributed by atoms with E-state index in [0.29, 0.717) is 5.56 Å². The van der Waals surface area contributed by atoms with Crippen LogP contribution in [0.2, 0.25) is 0 Å². The van der Waals surface area contributed by atoms with Crippen LogP contribution in [0, 0.1) is 18.6 Å². The predicted molar refractivity (Wildman–Crippen MR) is 72.8 cm³/mol. The molecule has 1 N–H and O–H groups in total. The summed E-state index contributed by atoms with van der Waals surface area (Å²) in [5, 5.41) is 0.769. The molecule has 100 valence electrons. The zero-order valence-corrected chi connectivity index (χ0v) is 10.7. The number of aromatic amines is 1. The smallest absolute Gasteiger partial charge is 0.195 e. The third kappa shape index (κ3) is 1.99. The Morgan fingerprint density at radius 1 is 1.05 bits per heavy atom. The monoisotopic (exact) mass is 271 g/mol. The third-order valence-corrected chi connectivity index (χ3v) is 3.26. The molecule has 3 rings (SSSR count). The number of halogens is 2. The van der Waals surface area contributed by atoms with Gasteiger partial charge in [0.15, 0.2) is 17.4 Å². The molecule has 2 nitrogen and oxygen atoms in total. The van der Waals surface area contributed by atoms with Crippen molar-refractivity contribution >= 4 is 16.7 Å². The maximum atomic E-state index is 13.2. The van der Waals surface area contributed by atoms with Crippen molar-refractivity contribution in [1.82, 2.24) is 4.98 Å². The third-order valence-electron chi connectivity index (χ3n) is 3.26. The molecule has 0 radical (unpaired) electrons. The highest BCUT2D eigenvalue weighted by Crippen LogP contribution is 2.22. The number of fused-ring (bicyclic) bond motifs is 1. The summed E-state index contributed by atoms with van der Waals surface area (Å²) in [7, 11) is 0. The Balaban J connectivity index is 2.10. The van der Waals surface area contributed by atoms with Crippen molar-refractivity contribution in [3.8, 4) is 0 Å². The van der Waals surface area contributed by atoms with Crippen LogP contribution in [0.1, 0.15) is 21.5 Å². The molecule has 0 fully saturated rings. The van der Waals surface area contributed by atoms with Gasteiger partial charge in [-0.3, -0.25) is 4.79 Å². The molecule has 0 aliphatic carbocycles.